The van der Waals surface area contributed by atoms with E-state index in [4.69, 9.17) is 0 Å². The summed E-state index contributed by atoms with van der Waals surface area (Å²) in [6, 6.07) is 8.21. The number of rotatable bonds is 5. The molecule has 1 amide bonds. The minimum atomic E-state index is -0.257. The van der Waals surface area contributed by atoms with Crippen molar-refractivity contribution in [3.05, 3.63) is 42.4 Å². The Labute approximate surface area is 142 Å². The van der Waals surface area contributed by atoms with Crippen LogP contribution in [0.3, 0.4) is 0 Å². The molecular formula is C18H23N5O. The van der Waals surface area contributed by atoms with Gasteiger partial charge < -0.3 is 15.5 Å². The average Bonchev–Trinajstić information content (AvgIpc) is 3.10. The van der Waals surface area contributed by atoms with E-state index in [0.717, 1.165) is 18.8 Å². The van der Waals surface area contributed by atoms with Crippen molar-refractivity contribution in [1.29, 1.82) is 0 Å². The smallest absolute Gasteiger partial charge is 0.275 e. The van der Waals surface area contributed by atoms with Crippen molar-refractivity contribution in [3.63, 3.8) is 0 Å². The van der Waals surface area contributed by atoms with E-state index < -0.39 is 0 Å². The fraction of sp³-hybridized carbons (Fsp3) is 0.389. The maximum absolute atomic E-state index is 12.2. The van der Waals surface area contributed by atoms with Gasteiger partial charge in [-0.3, -0.25) is 4.79 Å². The van der Waals surface area contributed by atoms with Gasteiger partial charge in [0, 0.05) is 30.5 Å². The Hall–Kier alpha value is -2.63. The first-order valence-corrected chi connectivity index (χ1v) is 8.37. The van der Waals surface area contributed by atoms with Crippen LogP contribution in [0, 0.1) is 0 Å². The first-order valence-electron chi connectivity index (χ1n) is 8.37. The van der Waals surface area contributed by atoms with Crippen molar-refractivity contribution >= 4 is 23.1 Å². The van der Waals surface area contributed by atoms with E-state index in [2.05, 4.69) is 25.5 Å². The molecule has 3 rings (SSSR count). The Balaban J connectivity index is 1.61. The fourth-order valence-electron chi connectivity index (χ4n) is 2.74. The second-order valence-electron chi connectivity index (χ2n) is 6.28. The molecule has 6 nitrogen and oxygen atoms in total. The van der Waals surface area contributed by atoms with Gasteiger partial charge in [-0.25, -0.2) is 9.97 Å². The maximum atomic E-state index is 12.2. The molecule has 1 aliphatic heterocycles. The van der Waals surface area contributed by atoms with Gasteiger partial charge >= 0.3 is 0 Å². The quantitative estimate of drug-likeness (QED) is 0.884. The van der Waals surface area contributed by atoms with Crippen LogP contribution in [-0.2, 0) is 0 Å². The molecular weight excluding hydrogens is 302 g/mol. The molecule has 1 aromatic carbocycles. The molecule has 0 spiro atoms. The van der Waals surface area contributed by atoms with Crippen LogP contribution in [0.5, 0.6) is 0 Å². The number of carbonyl (C=O) groups is 1. The number of amides is 1. The first-order chi connectivity index (χ1) is 11.6. The van der Waals surface area contributed by atoms with Gasteiger partial charge in [0.15, 0.2) is 0 Å². The molecule has 2 heterocycles. The van der Waals surface area contributed by atoms with E-state index in [-0.39, 0.29) is 11.9 Å². The first kappa shape index (κ1) is 16.2. The van der Waals surface area contributed by atoms with Gasteiger partial charge in [-0.2, -0.15) is 0 Å². The number of anilines is 3. The van der Waals surface area contributed by atoms with Crippen molar-refractivity contribution in [3.8, 4) is 0 Å². The molecule has 0 saturated carbocycles. The highest BCUT2D eigenvalue weighted by Gasteiger charge is 2.13. The number of hydrogen-bond acceptors (Lipinski definition) is 5. The molecule has 2 aromatic rings. The molecule has 0 atom stereocenters. The Morgan fingerprint density at radius 2 is 1.79 bits per heavy atom. The number of nitrogens with one attached hydrogen (secondary N) is 2. The van der Waals surface area contributed by atoms with Crippen LogP contribution in [0.15, 0.2) is 36.7 Å². The molecule has 0 radical (unpaired) electrons. The molecule has 126 valence electrons. The summed E-state index contributed by atoms with van der Waals surface area (Å²) in [6.45, 7) is 6.26. The average molecular weight is 325 g/mol. The molecule has 24 heavy (non-hydrogen) atoms. The molecule has 1 aromatic heterocycles. The van der Waals surface area contributed by atoms with Gasteiger partial charge in [-0.05, 0) is 51.0 Å². The lowest BCUT2D eigenvalue weighted by atomic mass is 10.2. The highest BCUT2D eigenvalue weighted by molar-refractivity contribution is 6.02. The Morgan fingerprint density at radius 1 is 1.08 bits per heavy atom. The van der Waals surface area contributed by atoms with Crippen LogP contribution in [0.1, 0.15) is 37.2 Å². The lowest BCUT2D eigenvalue weighted by Crippen LogP contribution is -2.18. The van der Waals surface area contributed by atoms with Gasteiger partial charge in [0.2, 0.25) is 0 Å². The molecule has 1 fully saturated rings. The lowest BCUT2D eigenvalue weighted by Gasteiger charge is -2.17. The highest BCUT2D eigenvalue weighted by atomic mass is 16.1. The molecule has 0 bridgehead atoms. The molecule has 1 saturated heterocycles. The minimum Gasteiger partial charge on any atom is -0.372 e. The van der Waals surface area contributed by atoms with Gasteiger partial charge in [0.05, 0.1) is 12.4 Å². The number of benzene rings is 1. The number of carbonyl (C=O) groups excluding carboxylic acids is 1. The number of nitrogens with zero attached hydrogens (tertiary/aromatic N) is 3. The minimum absolute atomic E-state index is 0.257. The molecule has 2 N–H and O–H groups in total. The van der Waals surface area contributed by atoms with Crippen LogP contribution >= 0.6 is 0 Å². The largest absolute Gasteiger partial charge is 0.372 e. The van der Waals surface area contributed by atoms with E-state index in [9.17, 15) is 4.79 Å². The second kappa shape index (κ2) is 7.29. The van der Waals surface area contributed by atoms with Crippen LogP contribution in [0.4, 0.5) is 17.2 Å². The molecule has 1 aliphatic rings. The van der Waals surface area contributed by atoms with E-state index in [1.165, 1.54) is 24.7 Å². The molecule has 0 aliphatic carbocycles. The summed E-state index contributed by atoms with van der Waals surface area (Å²) in [5, 5.41) is 6.00. The van der Waals surface area contributed by atoms with Gasteiger partial charge in [0.1, 0.15) is 11.5 Å². The predicted octanol–water partition coefficient (Wildman–Crippen LogP) is 3.15. The van der Waals surface area contributed by atoms with E-state index in [1.807, 2.05) is 38.1 Å². The zero-order valence-electron chi connectivity index (χ0n) is 14.1. The summed E-state index contributed by atoms with van der Waals surface area (Å²) in [5.74, 6) is 0.407. The van der Waals surface area contributed by atoms with Gasteiger partial charge in [-0.1, -0.05) is 0 Å². The zero-order valence-corrected chi connectivity index (χ0v) is 14.1. The van der Waals surface area contributed by atoms with Crippen molar-refractivity contribution in [2.75, 3.05) is 28.6 Å². The third-order valence-electron chi connectivity index (χ3n) is 3.92. The zero-order chi connectivity index (χ0) is 16.9. The number of aromatic nitrogens is 2. The fourth-order valence-corrected chi connectivity index (χ4v) is 2.74. The topological polar surface area (TPSA) is 70.2 Å². The standard InChI is InChI=1S/C18H23N5O/c1-13(2)21-17-12-19-16(11-20-17)18(24)22-14-5-7-15(8-6-14)23-9-3-4-10-23/h5-8,11-13H,3-4,9-10H2,1-2H3,(H,20,21)(H,22,24). The monoisotopic (exact) mass is 325 g/mol. The summed E-state index contributed by atoms with van der Waals surface area (Å²) in [5.41, 5.74) is 2.26. The lowest BCUT2D eigenvalue weighted by molar-refractivity contribution is 0.102. The van der Waals surface area contributed by atoms with Crippen LogP contribution in [-0.4, -0.2) is 35.0 Å². The Bertz CT molecular complexity index is 676. The van der Waals surface area contributed by atoms with E-state index in [0.29, 0.717) is 11.5 Å². The van der Waals surface area contributed by atoms with E-state index >= 15 is 0 Å². The Morgan fingerprint density at radius 3 is 2.38 bits per heavy atom. The third-order valence-corrected chi connectivity index (χ3v) is 3.92. The Kier molecular flexibility index (Phi) is 4.93. The summed E-state index contributed by atoms with van der Waals surface area (Å²) < 4.78 is 0. The van der Waals surface area contributed by atoms with Gasteiger partial charge in [0.25, 0.3) is 5.91 Å². The maximum Gasteiger partial charge on any atom is 0.275 e. The van der Waals surface area contributed by atoms with Crippen LogP contribution in [0.2, 0.25) is 0 Å². The van der Waals surface area contributed by atoms with Gasteiger partial charge in [-0.15, -0.1) is 0 Å². The number of hydrogen-bond donors (Lipinski definition) is 2. The summed E-state index contributed by atoms with van der Waals surface area (Å²) in [6.07, 6.45) is 5.56. The third kappa shape index (κ3) is 4.01. The van der Waals surface area contributed by atoms with Crippen LogP contribution in [0.25, 0.3) is 0 Å². The van der Waals surface area contributed by atoms with E-state index in [1.54, 1.807) is 6.20 Å². The summed E-state index contributed by atoms with van der Waals surface area (Å²) in [7, 11) is 0. The summed E-state index contributed by atoms with van der Waals surface area (Å²) in [4.78, 5) is 23.0. The SMILES string of the molecule is CC(C)Nc1cnc(C(=O)Nc2ccc(N3CCCC3)cc2)cn1. The van der Waals surface area contributed by atoms with Crippen molar-refractivity contribution < 1.29 is 4.79 Å². The highest BCUT2D eigenvalue weighted by Crippen LogP contribution is 2.22. The second-order valence-corrected chi connectivity index (χ2v) is 6.28. The predicted molar refractivity (Wildman–Crippen MR) is 96.6 cm³/mol. The molecule has 6 heteroatoms. The molecule has 0 unspecified atom stereocenters. The van der Waals surface area contributed by atoms with Crippen molar-refractivity contribution in [2.24, 2.45) is 0 Å². The van der Waals surface area contributed by atoms with Crippen molar-refractivity contribution in [2.45, 2.75) is 32.7 Å². The van der Waals surface area contributed by atoms with Crippen LogP contribution < -0.4 is 15.5 Å². The normalized spacial score (nSPS) is 14.0. The summed E-state index contributed by atoms with van der Waals surface area (Å²) >= 11 is 0. The van der Waals surface area contributed by atoms with Crippen molar-refractivity contribution in [1.82, 2.24) is 9.97 Å².